The third-order valence-corrected chi connectivity index (χ3v) is 8.14. The number of anilines is 2. The van der Waals surface area contributed by atoms with Gasteiger partial charge in [0.2, 0.25) is 0 Å². The molecule has 0 saturated carbocycles. The van der Waals surface area contributed by atoms with E-state index < -0.39 is 0 Å². The van der Waals surface area contributed by atoms with Gasteiger partial charge in [0.25, 0.3) is 11.8 Å². The highest BCUT2D eigenvalue weighted by molar-refractivity contribution is 7.12. The van der Waals surface area contributed by atoms with Crippen LogP contribution in [0.2, 0.25) is 0 Å². The van der Waals surface area contributed by atoms with Gasteiger partial charge in [0.05, 0.1) is 31.8 Å². The van der Waals surface area contributed by atoms with Gasteiger partial charge in [-0.1, -0.05) is 36.4 Å². The zero-order chi connectivity index (χ0) is 27.1. The molecule has 3 aromatic carbocycles. The minimum atomic E-state index is -0.130. The predicted molar refractivity (Wildman–Crippen MR) is 161 cm³/mol. The average molecular weight is 561 g/mol. The van der Waals surface area contributed by atoms with E-state index in [4.69, 9.17) is 9.97 Å². The number of hydrogen-bond acceptors (Lipinski definition) is 6. The maximum atomic E-state index is 12.4. The second kappa shape index (κ2) is 9.92. The molecule has 0 bridgehead atoms. The van der Waals surface area contributed by atoms with Gasteiger partial charge in [-0.05, 0) is 59.3 Å². The van der Waals surface area contributed by atoms with Crippen molar-refractivity contribution in [3.05, 3.63) is 105 Å². The highest BCUT2D eigenvalue weighted by Gasteiger charge is 2.12. The molecule has 0 aliphatic carbocycles. The smallest absolute Gasteiger partial charge is 0.265 e. The number of nitrogens with zero attached hydrogens (tertiary/aromatic N) is 2. The second-order valence-corrected chi connectivity index (χ2v) is 11.0. The summed E-state index contributed by atoms with van der Waals surface area (Å²) in [7, 11) is 0. The summed E-state index contributed by atoms with van der Waals surface area (Å²) in [6.07, 6.45) is 0. The quantitative estimate of drug-likeness (QED) is 0.170. The van der Waals surface area contributed by atoms with Crippen LogP contribution in [0.1, 0.15) is 19.3 Å². The summed E-state index contributed by atoms with van der Waals surface area (Å²) in [6.45, 7) is 0. The van der Waals surface area contributed by atoms with Crippen molar-refractivity contribution >= 4 is 67.9 Å². The number of imidazole rings is 2. The standard InChI is InChI=1S/C30H20N6O2S2/c37-29(25-3-1-13-39-25)31-19-9-11-21-23(15-19)35-27(33-21)17-5-7-18(8-6-17)28-34-22-12-10-20(16-24(22)36-28)32-30(38)26-4-2-14-40-26/h1-16H,(H,31,37)(H,32,38)(H,33,35)(H,34,36). The fraction of sp³-hybridized carbons (Fsp3) is 0. The van der Waals surface area contributed by atoms with Gasteiger partial charge in [-0.3, -0.25) is 9.59 Å². The van der Waals surface area contributed by atoms with Gasteiger partial charge < -0.3 is 20.6 Å². The van der Waals surface area contributed by atoms with Crippen LogP contribution < -0.4 is 10.6 Å². The molecule has 4 N–H and O–H groups in total. The lowest BCUT2D eigenvalue weighted by atomic mass is 10.1. The summed E-state index contributed by atoms with van der Waals surface area (Å²) in [6, 6.07) is 26.5. The van der Waals surface area contributed by atoms with Crippen molar-refractivity contribution in [2.75, 3.05) is 10.6 Å². The van der Waals surface area contributed by atoms with E-state index >= 15 is 0 Å². The molecule has 7 aromatic rings. The number of aromatic amines is 2. The Bertz CT molecular complexity index is 1840. The van der Waals surface area contributed by atoms with Crippen LogP contribution in [0.3, 0.4) is 0 Å². The molecule has 194 valence electrons. The molecule has 0 fully saturated rings. The van der Waals surface area contributed by atoms with Crippen molar-refractivity contribution in [2.24, 2.45) is 0 Å². The molecule has 0 saturated heterocycles. The molecule has 7 rings (SSSR count). The molecule has 4 aromatic heterocycles. The topological polar surface area (TPSA) is 116 Å². The summed E-state index contributed by atoms with van der Waals surface area (Å²) >= 11 is 2.81. The monoisotopic (exact) mass is 560 g/mol. The molecule has 0 aliphatic heterocycles. The third-order valence-electron chi connectivity index (χ3n) is 6.40. The minimum absolute atomic E-state index is 0.130. The number of benzene rings is 3. The molecule has 0 atom stereocenters. The fourth-order valence-corrected chi connectivity index (χ4v) is 5.67. The van der Waals surface area contributed by atoms with E-state index in [0.717, 1.165) is 44.8 Å². The van der Waals surface area contributed by atoms with Crippen LogP contribution in [0.5, 0.6) is 0 Å². The molecular formula is C30H20N6O2S2. The largest absolute Gasteiger partial charge is 0.338 e. The Morgan fingerprint density at radius 1 is 0.600 bits per heavy atom. The molecule has 8 nitrogen and oxygen atoms in total. The van der Waals surface area contributed by atoms with E-state index in [1.54, 1.807) is 12.1 Å². The Hall–Kier alpha value is -5.06. The molecule has 0 radical (unpaired) electrons. The second-order valence-electron chi connectivity index (χ2n) is 9.07. The Balaban J connectivity index is 1.09. The third kappa shape index (κ3) is 4.66. The number of hydrogen-bond donors (Lipinski definition) is 4. The summed E-state index contributed by atoms with van der Waals surface area (Å²) in [4.78, 5) is 42.3. The number of amides is 2. The van der Waals surface area contributed by atoms with Crippen molar-refractivity contribution in [3.63, 3.8) is 0 Å². The number of rotatable bonds is 6. The number of fused-ring (bicyclic) bond motifs is 2. The van der Waals surface area contributed by atoms with Crippen LogP contribution in [0.4, 0.5) is 11.4 Å². The molecule has 4 heterocycles. The van der Waals surface area contributed by atoms with E-state index in [9.17, 15) is 9.59 Å². The molecule has 40 heavy (non-hydrogen) atoms. The maximum Gasteiger partial charge on any atom is 0.265 e. The fourth-order valence-electron chi connectivity index (χ4n) is 4.44. The van der Waals surface area contributed by atoms with Crippen LogP contribution >= 0.6 is 22.7 Å². The predicted octanol–water partition coefficient (Wildman–Crippen LogP) is 7.40. The van der Waals surface area contributed by atoms with Crippen molar-refractivity contribution in [1.82, 2.24) is 19.9 Å². The SMILES string of the molecule is O=C(Nc1ccc2nc(-c3ccc(-c4nc5ccc(NC(=O)c6cccs6)cc5[nH]4)cc3)[nH]c2c1)c1cccs1. The first-order valence-corrected chi connectivity index (χ1v) is 14.1. The first kappa shape index (κ1) is 24.0. The Kier molecular flexibility index (Phi) is 5.95. The zero-order valence-corrected chi connectivity index (χ0v) is 22.4. The van der Waals surface area contributed by atoms with Gasteiger partial charge in [-0.2, -0.15) is 0 Å². The zero-order valence-electron chi connectivity index (χ0n) is 20.8. The molecular weight excluding hydrogens is 541 g/mol. The van der Waals surface area contributed by atoms with Crippen LogP contribution in [-0.4, -0.2) is 31.8 Å². The molecule has 0 spiro atoms. The van der Waals surface area contributed by atoms with Gasteiger partial charge in [0, 0.05) is 22.5 Å². The van der Waals surface area contributed by atoms with Crippen molar-refractivity contribution in [3.8, 4) is 22.8 Å². The van der Waals surface area contributed by atoms with Gasteiger partial charge in [0.15, 0.2) is 0 Å². The number of thiophene rings is 2. The van der Waals surface area contributed by atoms with Crippen molar-refractivity contribution in [1.29, 1.82) is 0 Å². The molecule has 10 heteroatoms. The normalized spacial score (nSPS) is 11.2. The minimum Gasteiger partial charge on any atom is -0.338 e. The molecule has 2 amide bonds. The van der Waals surface area contributed by atoms with Crippen LogP contribution in [0.25, 0.3) is 44.8 Å². The van der Waals surface area contributed by atoms with Gasteiger partial charge in [0.1, 0.15) is 11.6 Å². The number of aromatic nitrogens is 4. The maximum absolute atomic E-state index is 12.4. The van der Waals surface area contributed by atoms with Crippen molar-refractivity contribution in [2.45, 2.75) is 0 Å². The first-order chi connectivity index (χ1) is 19.6. The van der Waals surface area contributed by atoms with Crippen molar-refractivity contribution < 1.29 is 9.59 Å². The Labute approximate surface area is 235 Å². The van der Waals surface area contributed by atoms with Crippen LogP contribution in [0, 0.1) is 0 Å². The Morgan fingerprint density at radius 2 is 1.05 bits per heavy atom. The van der Waals surface area contributed by atoms with Gasteiger partial charge >= 0.3 is 0 Å². The highest BCUT2D eigenvalue weighted by atomic mass is 32.1. The highest BCUT2D eigenvalue weighted by Crippen LogP contribution is 2.27. The number of H-pyrrole nitrogens is 2. The van der Waals surface area contributed by atoms with E-state index in [-0.39, 0.29) is 11.8 Å². The summed E-state index contributed by atoms with van der Waals surface area (Å²) < 4.78 is 0. The lowest BCUT2D eigenvalue weighted by Crippen LogP contribution is -2.09. The van der Waals surface area contributed by atoms with E-state index in [2.05, 4.69) is 20.6 Å². The summed E-state index contributed by atoms with van der Waals surface area (Å²) in [5, 5.41) is 9.63. The summed E-state index contributed by atoms with van der Waals surface area (Å²) in [5.41, 5.74) is 6.56. The number of carbonyl (C=O) groups excluding carboxylic acids is 2. The number of nitrogens with one attached hydrogen (secondary N) is 4. The molecule has 0 unspecified atom stereocenters. The van der Waals surface area contributed by atoms with Crippen LogP contribution in [-0.2, 0) is 0 Å². The lowest BCUT2D eigenvalue weighted by Gasteiger charge is -2.03. The van der Waals surface area contributed by atoms with Gasteiger partial charge in [-0.25, -0.2) is 9.97 Å². The number of carbonyl (C=O) groups is 2. The lowest BCUT2D eigenvalue weighted by molar-refractivity contribution is 0.102. The van der Waals surface area contributed by atoms with E-state index in [1.807, 2.05) is 83.6 Å². The molecule has 0 aliphatic rings. The Morgan fingerprint density at radius 3 is 1.45 bits per heavy atom. The van der Waals surface area contributed by atoms with Gasteiger partial charge in [-0.15, -0.1) is 22.7 Å². The van der Waals surface area contributed by atoms with E-state index in [0.29, 0.717) is 21.1 Å². The van der Waals surface area contributed by atoms with E-state index in [1.165, 1.54) is 22.7 Å². The van der Waals surface area contributed by atoms with Crippen LogP contribution in [0.15, 0.2) is 95.7 Å². The summed E-state index contributed by atoms with van der Waals surface area (Å²) in [5.74, 6) is 1.21. The first-order valence-electron chi connectivity index (χ1n) is 12.4. The average Bonchev–Trinajstić information content (AvgIpc) is 3.79.